The molecule has 1 atom stereocenters. The van der Waals surface area contributed by atoms with Crippen molar-refractivity contribution in [2.24, 2.45) is 5.16 Å². The van der Waals surface area contributed by atoms with E-state index in [0.717, 1.165) is 4.90 Å². The van der Waals surface area contributed by atoms with E-state index in [4.69, 9.17) is 44.4 Å². The van der Waals surface area contributed by atoms with Gasteiger partial charge < -0.3 is 14.9 Å². The highest BCUT2D eigenvalue weighted by atomic mass is 35.6. The van der Waals surface area contributed by atoms with Gasteiger partial charge in [-0.25, -0.2) is 9.18 Å². The maximum Gasteiger partial charge on any atom is 0.407 e. The van der Waals surface area contributed by atoms with Gasteiger partial charge in [0.25, 0.3) is 11.9 Å². The number of aromatic nitrogens is 4. The van der Waals surface area contributed by atoms with E-state index in [2.05, 4.69) is 36.4 Å². The number of rotatable bonds is 9. The Morgan fingerprint density at radius 1 is 1.32 bits per heavy atom. The summed E-state index contributed by atoms with van der Waals surface area (Å²) < 4.78 is 16.3. The Kier molecular flexibility index (Phi) is 10.0. The van der Waals surface area contributed by atoms with E-state index in [0.29, 0.717) is 0 Å². The number of halogens is 4. The minimum atomic E-state index is -1.84. The Morgan fingerprint density at radius 3 is 2.68 bits per heavy atom. The number of aromatic amines is 1. The van der Waals surface area contributed by atoms with Crippen molar-refractivity contribution < 1.29 is 28.3 Å². The van der Waals surface area contributed by atoms with Crippen LogP contribution in [0.3, 0.4) is 0 Å². The first-order valence-corrected chi connectivity index (χ1v) is 10.6. The van der Waals surface area contributed by atoms with Crippen LogP contribution >= 0.6 is 34.8 Å². The molecule has 0 aromatic carbocycles. The van der Waals surface area contributed by atoms with E-state index in [1.165, 1.54) is 26.0 Å². The number of alkyl halides is 4. The van der Waals surface area contributed by atoms with Crippen LogP contribution in [0.2, 0.25) is 0 Å². The lowest BCUT2D eigenvalue weighted by Gasteiger charge is -2.19. The minimum absolute atomic E-state index is 0.0684. The number of nitrogens with one attached hydrogen (secondary N) is 3. The summed E-state index contributed by atoms with van der Waals surface area (Å²) in [6.45, 7) is 1.39. The lowest BCUT2D eigenvalue weighted by atomic mass is 10.1. The molecule has 13 nitrogen and oxygen atoms in total. The summed E-state index contributed by atoms with van der Waals surface area (Å²) in [5.41, 5.74) is 0.260. The molecule has 0 radical (unpaired) electrons. The third-order valence-electron chi connectivity index (χ3n) is 4.20. The van der Waals surface area contributed by atoms with E-state index < -0.39 is 41.0 Å². The minimum Gasteiger partial charge on any atom is -0.445 e. The lowest BCUT2D eigenvalue weighted by molar-refractivity contribution is -0.123. The van der Waals surface area contributed by atoms with Crippen LogP contribution in [-0.2, 0) is 19.2 Å². The van der Waals surface area contributed by atoms with Crippen LogP contribution in [0.4, 0.5) is 15.1 Å². The van der Waals surface area contributed by atoms with Crippen molar-refractivity contribution in [3.8, 4) is 0 Å². The summed E-state index contributed by atoms with van der Waals surface area (Å²) in [6.07, 6.45) is 1.87. The number of oxime groups is 1. The van der Waals surface area contributed by atoms with Crippen LogP contribution < -0.4 is 10.6 Å². The first kappa shape index (κ1) is 27.3. The summed E-state index contributed by atoms with van der Waals surface area (Å²) >= 11 is 16.6. The van der Waals surface area contributed by atoms with Crippen molar-refractivity contribution in [3.05, 3.63) is 23.5 Å². The number of allylic oxidation sites excluding steroid dienone is 1. The zero-order valence-electron chi connectivity index (χ0n) is 17.8. The van der Waals surface area contributed by atoms with Gasteiger partial charge in [0.05, 0.1) is 5.57 Å². The molecule has 1 aromatic heterocycles. The fraction of sp³-hybridized carbons (Fsp3) is 0.471. The number of amides is 3. The number of H-pyrrole nitrogens is 1. The van der Waals surface area contributed by atoms with Crippen LogP contribution in [0.5, 0.6) is 0 Å². The van der Waals surface area contributed by atoms with Gasteiger partial charge in [-0.3, -0.25) is 19.8 Å². The SMILES string of the molecule is CC1=C(C)C(=O)N(CC=CCC(NC(=O)OCC(Cl)(Cl)Cl)C(=O)Nc2nn[nH]n2)C(CF)=NO1. The van der Waals surface area contributed by atoms with E-state index >= 15 is 0 Å². The molecule has 1 aliphatic heterocycles. The Labute approximate surface area is 207 Å². The molecule has 186 valence electrons. The maximum absolute atomic E-state index is 13.4. The summed E-state index contributed by atoms with van der Waals surface area (Å²) in [5.74, 6) is -1.30. The smallest absolute Gasteiger partial charge is 0.407 e. The molecule has 17 heteroatoms. The first-order chi connectivity index (χ1) is 16.0. The van der Waals surface area contributed by atoms with Gasteiger partial charge in [-0.1, -0.05) is 57.2 Å². The molecule has 34 heavy (non-hydrogen) atoms. The monoisotopic (exact) mass is 540 g/mol. The normalized spacial score (nSPS) is 15.5. The van der Waals surface area contributed by atoms with Gasteiger partial charge in [0, 0.05) is 6.54 Å². The second-order valence-electron chi connectivity index (χ2n) is 6.65. The predicted octanol–water partition coefficient (Wildman–Crippen LogP) is 1.99. The summed E-state index contributed by atoms with van der Waals surface area (Å²) in [7, 11) is 0. The number of carbonyl (C=O) groups excluding carboxylic acids is 3. The molecular weight excluding hydrogens is 522 g/mol. The number of amidine groups is 1. The van der Waals surface area contributed by atoms with E-state index in [1.54, 1.807) is 0 Å². The van der Waals surface area contributed by atoms with Crippen molar-refractivity contribution in [1.82, 2.24) is 30.8 Å². The van der Waals surface area contributed by atoms with Gasteiger partial charge in [0.2, 0.25) is 9.70 Å². The third-order valence-corrected chi connectivity index (χ3v) is 4.52. The van der Waals surface area contributed by atoms with Crippen LogP contribution in [0.25, 0.3) is 0 Å². The van der Waals surface area contributed by atoms with Gasteiger partial charge in [-0.2, -0.15) is 5.21 Å². The molecule has 1 aliphatic rings. The van der Waals surface area contributed by atoms with Gasteiger partial charge in [-0.05, 0) is 25.5 Å². The topological polar surface area (TPSA) is 164 Å². The predicted molar refractivity (Wildman–Crippen MR) is 120 cm³/mol. The highest BCUT2D eigenvalue weighted by Crippen LogP contribution is 2.25. The number of tetrazole rings is 1. The van der Waals surface area contributed by atoms with Crippen LogP contribution in [0.1, 0.15) is 20.3 Å². The van der Waals surface area contributed by atoms with Gasteiger partial charge in [0.15, 0.2) is 12.5 Å². The molecule has 0 spiro atoms. The highest BCUT2D eigenvalue weighted by Gasteiger charge is 2.27. The van der Waals surface area contributed by atoms with E-state index in [9.17, 15) is 18.8 Å². The number of alkyl carbamates (subject to hydrolysis) is 1. The second-order valence-corrected chi connectivity index (χ2v) is 9.17. The molecule has 1 aromatic rings. The maximum atomic E-state index is 13.4. The van der Waals surface area contributed by atoms with Crippen molar-refractivity contribution >= 4 is 64.5 Å². The lowest BCUT2D eigenvalue weighted by Crippen LogP contribution is -2.44. The van der Waals surface area contributed by atoms with Crippen LogP contribution in [0.15, 0.2) is 28.6 Å². The molecule has 3 amide bonds. The molecule has 0 fully saturated rings. The van der Waals surface area contributed by atoms with Crippen LogP contribution in [-0.4, -0.2) is 78.9 Å². The van der Waals surface area contributed by atoms with Crippen molar-refractivity contribution in [2.45, 2.75) is 30.1 Å². The molecule has 1 unspecified atom stereocenters. The zero-order chi connectivity index (χ0) is 25.3. The largest absolute Gasteiger partial charge is 0.445 e. The van der Waals surface area contributed by atoms with Gasteiger partial charge in [-0.15, -0.1) is 5.10 Å². The zero-order valence-corrected chi connectivity index (χ0v) is 20.1. The molecular formula is C17H20Cl3FN8O5. The number of nitrogens with zero attached hydrogens (tertiary/aromatic N) is 5. The molecule has 2 heterocycles. The Balaban J connectivity index is 2.06. The standard InChI is InChI=1S/C17H20Cl3FN8O5/c1-9-10(2)34-26-12(7-21)29(14(9)31)6-4-3-5-11(13(30)23-15-24-27-28-25-15)22-16(32)33-8-17(18,19)20/h3-4,11H,5-8H2,1-2H3,(H,22,32)(H2,23,24,25,27,28,30). The molecule has 2 rings (SSSR count). The fourth-order valence-corrected chi connectivity index (χ4v) is 2.54. The number of anilines is 1. The second kappa shape index (κ2) is 12.5. The van der Waals surface area contributed by atoms with Crippen molar-refractivity contribution in [1.29, 1.82) is 0 Å². The molecule has 0 saturated carbocycles. The summed E-state index contributed by atoms with van der Waals surface area (Å²) in [4.78, 5) is 43.2. The fourth-order valence-electron chi connectivity index (χ4n) is 2.38. The third kappa shape index (κ3) is 8.43. The van der Waals surface area contributed by atoms with Crippen molar-refractivity contribution in [3.63, 3.8) is 0 Å². The number of hydrogen-bond donors (Lipinski definition) is 3. The van der Waals surface area contributed by atoms with Crippen molar-refractivity contribution in [2.75, 3.05) is 25.1 Å². The summed E-state index contributed by atoms with van der Waals surface area (Å²) in [6, 6.07) is -1.18. The molecule has 0 bridgehead atoms. The highest BCUT2D eigenvalue weighted by molar-refractivity contribution is 6.67. The average Bonchev–Trinajstić information content (AvgIpc) is 3.26. The number of ether oxygens (including phenoxy) is 1. The molecule has 3 N–H and O–H groups in total. The molecule has 0 aliphatic carbocycles. The van der Waals surface area contributed by atoms with E-state index in [1.807, 2.05) is 0 Å². The van der Waals surface area contributed by atoms with E-state index in [-0.39, 0.29) is 36.1 Å². The van der Waals surface area contributed by atoms with Crippen LogP contribution in [0, 0.1) is 0 Å². The Bertz CT molecular complexity index is 980. The van der Waals surface area contributed by atoms with Gasteiger partial charge >= 0.3 is 6.09 Å². The Morgan fingerprint density at radius 2 is 2.06 bits per heavy atom. The number of hydrogen-bond acceptors (Lipinski definition) is 9. The quantitative estimate of drug-likeness (QED) is 0.315. The van der Waals surface area contributed by atoms with Gasteiger partial charge in [0.1, 0.15) is 18.4 Å². The number of carbonyl (C=O) groups is 3. The Hall–Kier alpha value is -2.97. The first-order valence-electron chi connectivity index (χ1n) is 9.50. The average molecular weight is 542 g/mol. The molecule has 0 saturated heterocycles. The summed E-state index contributed by atoms with van der Waals surface area (Å²) in [5, 5.41) is 20.9.